The highest BCUT2D eigenvalue weighted by molar-refractivity contribution is 5.79. The molecule has 0 aliphatic carbocycles. The minimum atomic E-state index is 0.422. The van der Waals surface area contributed by atoms with E-state index in [0.717, 1.165) is 50.1 Å². The number of hydrogen-bond donors (Lipinski definition) is 1. The lowest BCUT2D eigenvalue weighted by Gasteiger charge is -2.39. The number of nitrogens with one attached hydrogen (secondary N) is 1. The van der Waals surface area contributed by atoms with Gasteiger partial charge in [-0.2, -0.15) is 0 Å². The number of piperidine rings is 1. The number of aromatic nitrogens is 5. The number of aryl methyl sites for hydroxylation is 1. The first-order valence-corrected chi connectivity index (χ1v) is 9.60. The van der Waals surface area contributed by atoms with Crippen LogP contribution in [-0.2, 0) is 19.5 Å². The van der Waals surface area contributed by atoms with Crippen molar-refractivity contribution in [3.8, 4) is 0 Å². The number of nitrogens with zero attached hydrogens (tertiary/aromatic N) is 7. The zero-order valence-electron chi connectivity index (χ0n) is 15.7. The predicted octanol–water partition coefficient (Wildman–Crippen LogP) is 1.47. The predicted molar refractivity (Wildman–Crippen MR) is 99.8 cm³/mol. The average Bonchev–Trinajstić information content (AvgIpc) is 3.33. The van der Waals surface area contributed by atoms with Gasteiger partial charge in [0.05, 0.1) is 18.9 Å². The Morgan fingerprint density at radius 1 is 1.31 bits per heavy atom. The third-order valence-electron chi connectivity index (χ3n) is 5.68. The third-order valence-corrected chi connectivity index (χ3v) is 5.68. The van der Waals surface area contributed by atoms with Gasteiger partial charge in [0.15, 0.2) is 11.8 Å². The Kier molecular flexibility index (Phi) is 4.90. The SMILES string of the molecule is CN=C(NCc1nnc2n1CCCC2)N1CCC(C)C(n2ccnc2)C1. The summed E-state index contributed by atoms with van der Waals surface area (Å²) in [5.41, 5.74) is 0. The lowest BCUT2D eigenvalue weighted by molar-refractivity contribution is 0.189. The Bertz CT molecular complexity index is 747. The van der Waals surface area contributed by atoms with Crippen molar-refractivity contribution in [1.29, 1.82) is 0 Å². The van der Waals surface area contributed by atoms with Crippen LogP contribution in [0.25, 0.3) is 0 Å². The molecule has 0 saturated carbocycles. The molecule has 8 nitrogen and oxygen atoms in total. The van der Waals surface area contributed by atoms with Crippen molar-refractivity contribution in [2.75, 3.05) is 20.1 Å². The molecule has 0 spiro atoms. The zero-order chi connectivity index (χ0) is 17.9. The lowest BCUT2D eigenvalue weighted by atomic mass is 9.93. The molecule has 2 aliphatic rings. The molecule has 2 atom stereocenters. The van der Waals surface area contributed by atoms with Gasteiger partial charge in [-0.1, -0.05) is 6.92 Å². The molecule has 2 unspecified atom stereocenters. The molecule has 1 fully saturated rings. The average molecular weight is 356 g/mol. The fourth-order valence-corrected chi connectivity index (χ4v) is 4.08. The molecular formula is C18H28N8. The standard InChI is InChI=1S/C18H28N8/c1-14-6-9-24(12-15(14)25-10-7-20-13-25)18(19-2)21-11-17-23-22-16-5-3-4-8-26(16)17/h7,10,13-15H,3-6,8-9,11-12H2,1-2H3,(H,19,21). The molecule has 140 valence electrons. The second-order valence-electron chi connectivity index (χ2n) is 7.33. The van der Waals surface area contributed by atoms with E-state index in [1.165, 1.54) is 12.8 Å². The Morgan fingerprint density at radius 3 is 3.04 bits per heavy atom. The van der Waals surface area contributed by atoms with Gasteiger partial charge in [-0.3, -0.25) is 4.99 Å². The highest BCUT2D eigenvalue weighted by Gasteiger charge is 2.29. The number of fused-ring (bicyclic) bond motifs is 1. The highest BCUT2D eigenvalue weighted by Crippen LogP contribution is 2.27. The van der Waals surface area contributed by atoms with Crippen LogP contribution in [-0.4, -0.2) is 55.3 Å². The first-order chi connectivity index (χ1) is 12.8. The molecule has 8 heteroatoms. The van der Waals surface area contributed by atoms with Crippen molar-refractivity contribution in [2.24, 2.45) is 10.9 Å². The van der Waals surface area contributed by atoms with Gasteiger partial charge in [-0.25, -0.2) is 4.98 Å². The molecule has 4 heterocycles. The van der Waals surface area contributed by atoms with E-state index < -0.39 is 0 Å². The summed E-state index contributed by atoms with van der Waals surface area (Å²) >= 11 is 0. The van der Waals surface area contributed by atoms with Crippen LogP contribution < -0.4 is 5.32 Å². The molecule has 0 amide bonds. The second-order valence-corrected chi connectivity index (χ2v) is 7.33. The van der Waals surface area contributed by atoms with Gasteiger partial charge in [0.2, 0.25) is 0 Å². The van der Waals surface area contributed by atoms with Crippen LogP contribution in [0.5, 0.6) is 0 Å². The summed E-state index contributed by atoms with van der Waals surface area (Å²) in [5, 5.41) is 12.2. The minimum Gasteiger partial charge on any atom is -0.349 e. The molecular weight excluding hydrogens is 328 g/mol. The fraction of sp³-hybridized carbons (Fsp3) is 0.667. The van der Waals surface area contributed by atoms with E-state index in [9.17, 15) is 0 Å². The van der Waals surface area contributed by atoms with Crippen LogP contribution in [0, 0.1) is 5.92 Å². The topological polar surface area (TPSA) is 76.2 Å². The maximum Gasteiger partial charge on any atom is 0.194 e. The number of imidazole rings is 1. The van der Waals surface area contributed by atoms with E-state index >= 15 is 0 Å². The summed E-state index contributed by atoms with van der Waals surface area (Å²) in [6.45, 7) is 5.98. The molecule has 0 aromatic carbocycles. The zero-order valence-corrected chi connectivity index (χ0v) is 15.7. The van der Waals surface area contributed by atoms with Crippen molar-refractivity contribution in [2.45, 2.75) is 51.7 Å². The molecule has 1 N–H and O–H groups in total. The summed E-state index contributed by atoms with van der Waals surface area (Å²) in [5.74, 6) is 3.70. The molecule has 2 aromatic heterocycles. The second kappa shape index (κ2) is 7.47. The Hall–Kier alpha value is -2.38. The number of likely N-dealkylation sites (tertiary alicyclic amines) is 1. The first-order valence-electron chi connectivity index (χ1n) is 9.60. The summed E-state index contributed by atoms with van der Waals surface area (Å²) in [4.78, 5) is 11.1. The van der Waals surface area contributed by atoms with E-state index in [2.05, 4.69) is 52.6 Å². The monoisotopic (exact) mass is 356 g/mol. The summed E-state index contributed by atoms with van der Waals surface area (Å²) in [6, 6.07) is 0.422. The smallest absolute Gasteiger partial charge is 0.194 e. The Morgan fingerprint density at radius 2 is 2.23 bits per heavy atom. The Balaban J connectivity index is 1.42. The molecule has 2 aliphatic heterocycles. The third kappa shape index (κ3) is 3.32. The number of hydrogen-bond acceptors (Lipinski definition) is 4. The number of aliphatic imine (C=N–C) groups is 1. The molecule has 0 bridgehead atoms. The molecule has 2 aromatic rings. The molecule has 4 rings (SSSR count). The quantitative estimate of drug-likeness (QED) is 0.666. The summed E-state index contributed by atoms with van der Waals surface area (Å²) < 4.78 is 4.48. The van der Waals surface area contributed by atoms with E-state index in [4.69, 9.17) is 0 Å². The van der Waals surface area contributed by atoms with Crippen molar-refractivity contribution in [3.63, 3.8) is 0 Å². The van der Waals surface area contributed by atoms with Gasteiger partial charge in [0.25, 0.3) is 0 Å². The summed E-state index contributed by atoms with van der Waals surface area (Å²) in [7, 11) is 1.85. The van der Waals surface area contributed by atoms with E-state index in [-0.39, 0.29) is 0 Å². The molecule has 26 heavy (non-hydrogen) atoms. The maximum absolute atomic E-state index is 4.51. The van der Waals surface area contributed by atoms with E-state index in [0.29, 0.717) is 18.5 Å². The van der Waals surface area contributed by atoms with E-state index in [1.807, 2.05) is 19.6 Å². The minimum absolute atomic E-state index is 0.422. The lowest BCUT2D eigenvalue weighted by Crippen LogP contribution is -2.48. The van der Waals surface area contributed by atoms with Crippen molar-refractivity contribution in [1.82, 2.24) is 34.5 Å². The van der Waals surface area contributed by atoms with Gasteiger partial charge >= 0.3 is 0 Å². The van der Waals surface area contributed by atoms with Crippen LogP contribution in [0.4, 0.5) is 0 Å². The Labute approximate surface area is 154 Å². The maximum atomic E-state index is 4.51. The van der Waals surface area contributed by atoms with Crippen LogP contribution in [0.2, 0.25) is 0 Å². The summed E-state index contributed by atoms with van der Waals surface area (Å²) in [6.07, 6.45) is 10.4. The van der Waals surface area contributed by atoms with Crippen molar-refractivity contribution in [3.05, 3.63) is 30.4 Å². The number of rotatable bonds is 3. The van der Waals surface area contributed by atoms with Crippen LogP contribution in [0.3, 0.4) is 0 Å². The van der Waals surface area contributed by atoms with E-state index in [1.54, 1.807) is 0 Å². The normalized spacial score (nSPS) is 23.8. The van der Waals surface area contributed by atoms with Crippen LogP contribution in [0.15, 0.2) is 23.7 Å². The van der Waals surface area contributed by atoms with Gasteiger partial charge in [0.1, 0.15) is 5.82 Å². The van der Waals surface area contributed by atoms with Crippen LogP contribution in [0.1, 0.15) is 43.9 Å². The number of guanidine groups is 1. The largest absolute Gasteiger partial charge is 0.349 e. The van der Waals surface area contributed by atoms with Gasteiger partial charge < -0.3 is 19.4 Å². The highest BCUT2D eigenvalue weighted by atomic mass is 15.3. The van der Waals surface area contributed by atoms with Crippen LogP contribution >= 0.6 is 0 Å². The van der Waals surface area contributed by atoms with Crippen molar-refractivity contribution < 1.29 is 0 Å². The van der Waals surface area contributed by atoms with Crippen molar-refractivity contribution >= 4 is 5.96 Å². The molecule has 0 radical (unpaired) electrons. The van der Waals surface area contributed by atoms with Gasteiger partial charge in [0, 0.05) is 45.5 Å². The van der Waals surface area contributed by atoms with Gasteiger partial charge in [-0.15, -0.1) is 10.2 Å². The fourth-order valence-electron chi connectivity index (χ4n) is 4.08. The molecule has 1 saturated heterocycles. The van der Waals surface area contributed by atoms with Gasteiger partial charge in [-0.05, 0) is 25.2 Å². The first kappa shape index (κ1) is 17.1.